The Morgan fingerprint density at radius 1 is 0.408 bits per heavy atom. The Kier molecular flexibility index (Phi) is 23.3. The number of Topliss-reactive ketones (excluding diaryl/α,β-unsaturated/α-hetero) is 1. The van der Waals surface area contributed by atoms with E-state index in [0.29, 0.717) is 35.0 Å². The molecule has 14 aromatic rings. The fourth-order valence-corrected chi connectivity index (χ4v) is 12.3. The maximum atomic E-state index is 14.5. The molecular weight excluding hydrogens is 1560 g/mol. The normalized spacial score (nSPS) is 13.4. The highest BCUT2D eigenvalue weighted by Gasteiger charge is 2.51. The van der Waals surface area contributed by atoms with Crippen molar-refractivity contribution >= 4 is 93.7 Å². The molecule has 0 radical (unpaired) electrons. The second-order valence-corrected chi connectivity index (χ2v) is 28.4. The van der Waals surface area contributed by atoms with Gasteiger partial charge in [-0.15, -0.1) is 15.3 Å². The SMILES string of the molecule is Brc1ccc(-c2ccc(-n3ccnn3)cc2)cc1.Brc1ccc(-c2ccc(Br)cc2)cc1.CC1(C)OB(c2ccc(-c3ccc(-n4ccnn4)cc3)cc2)OC1(C)C.O=C1Cc2cc(-c3ccc(-c4ccc(-n5ccnn5)cc4)cc3)c(F)cc2N1.O=C1Cc2cc(F)c(Br)cc2C1.c1cn[nH]n1. The van der Waals surface area contributed by atoms with E-state index in [1.165, 1.54) is 34.4 Å². The Morgan fingerprint density at radius 2 is 0.757 bits per heavy atom. The number of anilines is 1. The van der Waals surface area contributed by atoms with Gasteiger partial charge in [0.05, 0.1) is 88.7 Å². The molecule has 24 heteroatoms. The fourth-order valence-electron chi connectivity index (χ4n) is 11.1. The summed E-state index contributed by atoms with van der Waals surface area (Å²) in [5, 5.41) is 35.4. The number of fused-ring (bicyclic) bond motifs is 2. The molecule has 1 aliphatic carbocycles. The molecule has 0 bridgehead atoms. The number of hydrogen-bond acceptors (Lipinski definition) is 12. The lowest BCUT2D eigenvalue weighted by molar-refractivity contribution is -0.117. The van der Waals surface area contributed by atoms with E-state index in [1.807, 2.05) is 97.3 Å². The first-order chi connectivity index (χ1) is 49.8. The summed E-state index contributed by atoms with van der Waals surface area (Å²) in [5.74, 6) is -0.562. The summed E-state index contributed by atoms with van der Waals surface area (Å²) >= 11 is 13.4. The standard InChI is InChI=1S/C22H15FN4O.C20H22BN3O2.C14H10BrN3.C12H8Br2.C9H6BrFO.C2H3N3/c23-20-13-21-17(12-22(28)25-21)11-19(20)16-3-1-14(2-4-16)15-5-7-18(8-6-15)27-10-9-24-26-27;1-19(2)20(3,4)26-21(25-19)17-9-5-15(6-10-17)16-7-11-18(12-8-16)24-14-13-22-23-24;15-13-5-1-11(2-6-13)12-3-7-14(8-4-12)18-10-9-16-17-18;13-11-5-1-9(2-6-11)10-3-7-12(14)8-4-10;10-8-3-5-1-7(12)2-6(5)4-9(8)11;1-2-4-5-3-1/h1-11,13H,12H2,(H,25,28);5-14H,1-4H3;1-10H;1-8H;3-4H,1-2H2;1-2H,(H,3,4,5). The van der Waals surface area contributed by atoms with Crippen molar-refractivity contribution in [2.75, 3.05) is 5.32 Å². The monoisotopic (exact) mass is 1620 g/mol. The number of aromatic amines is 1. The number of aromatic nitrogens is 12. The number of halogens is 6. The predicted molar refractivity (Wildman–Crippen MR) is 412 cm³/mol. The quantitative estimate of drug-likeness (QED) is 0.130. The fraction of sp³-hybridized carbons (Fsp3) is 0.114. The molecule has 2 N–H and O–H groups in total. The van der Waals surface area contributed by atoms with Gasteiger partial charge in [-0.25, -0.2) is 22.8 Å². The third-order valence-corrected chi connectivity index (χ3v) is 19.5. The third kappa shape index (κ3) is 18.7. The molecule has 514 valence electrons. The van der Waals surface area contributed by atoms with Crippen molar-refractivity contribution in [3.05, 3.63) is 314 Å². The Bertz CT molecular complexity index is 5000. The van der Waals surface area contributed by atoms with Gasteiger partial charge in [0.2, 0.25) is 5.91 Å². The summed E-state index contributed by atoms with van der Waals surface area (Å²) in [6.45, 7) is 8.27. The molecule has 0 spiro atoms. The summed E-state index contributed by atoms with van der Waals surface area (Å²) < 4.78 is 48.6. The topological polar surface area (TPSA) is 198 Å². The first-order valence-corrected chi connectivity index (χ1v) is 35.6. The molecule has 1 saturated heterocycles. The van der Waals surface area contributed by atoms with E-state index in [1.54, 1.807) is 63.4 Å². The zero-order valence-corrected chi connectivity index (χ0v) is 62.3. The zero-order chi connectivity index (χ0) is 72.0. The van der Waals surface area contributed by atoms with Crippen molar-refractivity contribution in [2.45, 2.75) is 58.2 Å². The van der Waals surface area contributed by atoms with Gasteiger partial charge in [-0.1, -0.05) is 185 Å². The van der Waals surface area contributed by atoms with Gasteiger partial charge in [-0.05, 0) is 213 Å². The molecule has 3 aliphatic rings. The van der Waals surface area contributed by atoms with E-state index in [9.17, 15) is 18.4 Å². The number of benzene rings is 10. The Balaban J connectivity index is 0.000000123. The minimum absolute atomic E-state index is 0.101. The zero-order valence-electron chi connectivity index (χ0n) is 55.9. The van der Waals surface area contributed by atoms with Gasteiger partial charge >= 0.3 is 7.12 Å². The van der Waals surface area contributed by atoms with Gasteiger partial charge in [-0.3, -0.25) is 9.59 Å². The number of rotatable bonds is 9. The molecule has 1 amide bonds. The summed E-state index contributed by atoms with van der Waals surface area (Å²) in [6, 6.07) is 71.7. The first kappa shape index (κ1) is 72.5. The molecule has 0 unspecified atom stereocenters. The lowest BCUT2D eigenvalue weighted by Crippen LogP contribution is -2.41. The van der Waals surface area contributed by atoms with E-state index in [2.05, 4.69) is 252 Å². The minimum atomic E-state index is -0.342. The summed E-state index contributed by atoms with van der Waals surface area (Å²) in [5.41, 5.74) is 17.0. The van der Waals surface area contributed by atoms with Crippen LogP contribution in [0.1, 0.15) is 44.4 Å². The average Bonchev–Trinajstić information content (AvgIpc) is 1.64. The van der Waals surface area contributed by atoms with Crippen LogP contribution >= 0.6 is 63.7 Å². The number of H-pyrrole nitrogens is 1. The van der Waals surface area contributed by atoms with Gasteiger partial charge in [0.1, 0.15) is 17.4 Å². The number of nitrogens with zero attached hydrogens (tertiary/aromatic N) is 11. The van der Waals surface area contributed by atoms with Crippen LogP contribution in [0.15, 0.2) is 286 Å². The summed E-state index contributed by atoms with van der Waals surface area (Å²) in [4.78, 5) is 22.5. The molecule has 6 heterocycles. The number of nitrogens with one attached hydrogen (secondary N) is 2. The highest BCUT2D eigenvalue weighted by molar-refractivity contribution is 9.11. The van der Waals surface area contributed by atoms with Gasteiger partial charge in [0.15, 0.2) is 0 Å². The summed E-state index contributed by atoms with van der Waals surface area (Å²) in [6.07, 6.45) is 14.7. The van der Waals surface area contributed by atoms with Gasteiger partial charge in [0, 0.05) is 37.5 Å². The van der Waals surface area contributed by atoms with Gasteiger partial charge in [0.25, 0.3) is 0 Å². The van der Waals surface area contributed by atoms with Crippen LogP contribution in [0, 0.1) is 11.6 Å². The maximum Gasteiger partial charge on any atom is 0.494 e. The van der Waals surface area contributed by atoms with Crippen LogP contribution in [0.25, 0.3) is 72.7 Å². The van der Waals surface area contributed by atoms with E-state index in [0.717, 1.165) is 80.5 Å². The largest absolute Gasteiger partial charge is 0.494 e. The number of hydrogen-bond donors (Lipinski definition) is 2. The van der Waals surface area contributed by atoms with Crippen molar-refractivity contribution in [2.24, 2.45) is 0 Å². The molecule has 17 nitrogen and oxygen atoms in total. The van der Waals surface area contributed by atoms with Crippen molar-refractivity contribution in [1.82, 2.24) is 60.4 Å². The van der Waals surface area contributed by atoms with Crippen molar-refractivity contribution in [1.29, 1.82) is 0 Å². The second-order valence-electron chi connectivity index (χ2n) is 24.8. The van der Waals surface area contributed by atoms with Crippen LogP contribution in [0.3, 0.4) is 0 Å². The van der Waals surface area contributed by atoms with Gasteiger partial charge in [-0.2, -0.15) is 15.4 Å². The molecule has 4 aromatic heterocycles. The highest BCUT2D eigenvalue weighted by Crippen LogP contribution is 2.38. The molecule has 10 aromatic carbocycles. The lowest BCUT2D eigenvalue weighted by Gasteiger charge is -2.32. The van der Waals surface area contributed by atoms with Gasteiger partial charge < -0.3 is 14.6 Å². The Hall–Kier alpha value is -10.3. The van der Waals surface area contributed by atoms with E-state index in [-0.39, 0.29) is 41.6 Å². The Labute approximate surface area is 627 Å². The van der Waals surface area contributed by atoms with Crippen LogP contribution in [0.5, 0.6) is 0 Å². The number of ketones is 1. The molecule has 1 fully saturated rings. The molecule has 17 rings (SSSR count). The second kappa shape index (κ2) is 33.2. The summed E-state index contributed by atoms with van der Waals surface area (Å²) in [7, 11) is -0.330. The molecule has 103 heavy (non-hydrogen) atoms. The Morgan fingerprint density at radius 3 is 1.12 bits per heavy atom. The van der Waals surface area contributed by atoms with Crippen LogP contribution < -0.4 is 10.8 Å². The lowest BCUT2D eigenvalue weighted by atomic mass is 9.78. The first-order valence-electron chi connectivity index (χ1n) is 32.4. The number of carbonyl (C=O) groups is 2. The minimum Gasteiger partial charge on any atom is -0.399 e. The predicted octanol–water partition coefficient (Wildman–Crippen LogP) is 18.1. The molecule has 0 saturated carbocycles. The highest BCUT2D eigenvalue weighted by atomic mass is 79.9. The van der Waals surface area contributed by atoms with Crippen LogP contribution in [-0.2, 0) is 38.2 Å². The molecule has 0 atom stereocenters. The van der Waals surface area contributed by atoms with E-state index < -0.39 is 0 Å². The third-order valence-electron chi connectivity index (χ3n) is 17.3. The van der Waals surface area contributed by atoms with E-state index >= 15 is 0 Å². The van der Waals surface area contributed by atoms with Crippen molar-refractivity contribution in [3.8, 4) is 72.7 Å². The van der Waals surface area contributed by atoms with Crippen LogP contribution in [0.4, 0.5) is 14.5 Å². The van der Waals surface area contributed by atoms with Crippen molar-refractivity contribution < 1.29 is 27.7 Å². The van der Waals surface area contributed by atoms with E-state index in [4.69, 9.17) is 9.31 Å². The van der Waals surface area contributed by atoms with Crippen molar-refractivity contribution in [3.63, 3.8) is 0 Å². The molecular formula is C79H64BBr4F2N13O4. The maximum absolute atomic E-state index is 14.5. The molecule has 2 aliphatic heterocycles. The number of amides is 1. The van der Waals surface area contributed by atoms with Crippen LogP contribution in [0.2, 0.25) is 0 Å². The number of carbonyl (C=O) groups excluding carboxylic acids is 2. The average molecular weight is 1630 g/mol. The smallest absolute Gasteiger partial charge is 0.399 e. The van der Waals surface area contributed by atoms with Crippen LogP contribution in [-0.4, -0.2) is 90.4 Å².